The average molecular weight is 434 g/mol. The lowest BCUT2D eigenvalue weighted by atomic mass is 10.3. The van der Waals surface area contributed by atoms with Gasteiger partial charge in [-0.25, -0.2) is 4.79 Å². The molecule has 0 spiro atoms. The predicted molar refractivity (Wildman–Crippen MR) is 117 cm³/mol. The van der Waals surface area contributed by atoms with Crippen molar-refractivity contribution in [3.8, 4) is 0 Å². The highest BCUT2D eigenvalue weighted by molar-refractivity contribution is 7.65. The third kappa shape index (κ3) is 10.8. The van der Waals surface area contributed by atoms with Crippen LogP contribution in [0.3, 0.4) is 0 Å². The molecule has 0 aliphatic rings. The van der Waals surface area contributed by atoms with Crippen LogP contribution in [0.5, 0.6) is 0 Å². The summed E-state index contributed by atoms with van der Waals surface area (Å²) < 4.78 is 37.4. The number of allylic oxidation sites excluding steroid dienone is 1. The van der Waals surface area contributed by atoms with Gasteiger partial charge in [-0.15, -0.1) is 0 Å². The first-order valence-electron chi connectivity index (χ1n) is 11.1. The second-order valence-corrected chi connectivity index (χ2v) is 8.72. The first-order chi connectivity index (χ1) is 13.9. The van der Waals surface area contributed by atoms with E-state index in [0.29, 0.717) is 26.4 Å². The summed E-state index contributed by atoms with van der Waals surface area (Å²) in [5.74, 6) is -2.80. The second-order valence-electron chi connectivity index (χ2n) is 7.20. The first kappa shape index (κ1) is 28.4. The van der Waals surface area contributed by atoms with E-state index in [1.165, 1.54) is 0 Å². The summed E-state index contributed by atoms with van der Waals surface area (Å²) in [4.78, 5) is 12.5. The third-order valence-corrected chi connectivity index (χ3v) is 5.93. The number of unbranched alkanes of at least 4 members (excludes halogenated alkanes) is 4. The minimum atomic E-state index is -2.50. The van der Waals surface area contributed by atoms with Gasteiger partial charge < -0.3 is 18.9 Å². The summed E-state index contributed by atoms with van der Waals surface area (Å²) >= 11 is 0. The predicted octanol–water partition coefficient (Wildman–Crippen LogP) is 6.16. The smallest absolute Gasteiger partial charge is 0.328 e. The standard InChI is InChI=1S/C22H42O6P/c1-7-11-15-25-21(29(24)20(23)19(5)6)22(26-16-12-8-2,27-17-13-9-3)28-18-14-10-4/h21H,5,7-18H2,1-4,6H3/q+1. The largest absolute Gasteiger partial charge is 0.460 e. The van der Waals surface area contributed by atoms with Gasteiger partial charge in [0.25, 0.3) is 0 Å². The summed E-state index contributed by atoms with van der Waals surface area (Å²) in [7, 11) is -2.50. The Labute approximate surface area is 178 Å². The van der Waals surface area contributed by atoms with E-state index in [-0.39, 0.29) is 5.57 Å². The molecule has 0 saturated carbocycles. The van der Waals surface area contributed by atoms with Crippen LogP contribution < -0.4 is 0 Å². The van der Waals surface area contributed by atoms with Crippen molar-refractivity contribution in [2.75, 3.05) is 26.4 Å². The van der Waals surface area contributed by atoms with Crippen LogP contribution in [-0.4, -0.2) is 43.8 Å². The molecule has 0 aliphatic carbocycles. The monoisotopic (exact) mass is 433 g/mol. The zero-order valence-electron chi connectivity index (χ0n) is 19.2. The van der Waals surface area contributed by atoms with Gasteiger partial charge in [0.15, 0.2) is 0 Å². The van der Waals surface area contributed by atoms with Crippen LogP contribution in [-0.2, 0) is 28.3 Å². The number of ether oxygens (including phenoxy) is 4. The van der Waals surface area contributed by atoms with Crippen molar-refractivity contribution in [3.63, 3.8) is 0 Å². The van der Waals surface area contributed by atoms with Gasteiger partial charge >= 0.3 is 25.1 Å². The molecule has 0 aliphatic heterocycles. The van der Waals surface area contributed by atoms with Crippen molar-refractivity contribution in [1.82, 2.24) is 0 Å². The van der Waals surface area contributed by atoms with Crippen LogP contribution in [0, 0.1) is 0 Å². The fourth-order valence-corrected chi connectivity index (χ4v) is 3.70. The molecule has 0 radical (unpaired) electrons. The molecule has 0 saturated heterocycles. The molecular formula is C22H42O6P+. The molecule has 2 unspecified atom stereocenters. The molecule has 0 bridgehead atoms. The van der Waals surface area contributed by atoms with Gasteiger partial charge in [0, 0.05) is 5.57 Å². The van der Waals surface area contributed by atoms with Crippen LogP contribution in [0.2, 0.25) is 0 Å². The number of hydrogen-bond donors (Lipinski definition) is 0. The van der Waals surface area contributed by atoms with Crippen LogP contribution in [0.15, 0.2) is 12.2 Å². The minimum absolute atomic E-state index is 0.222. The van der Waals surface area contributed by atoms with Gasteiger partial charge in [-0.2, -0.15) is 0 Å². The maximum atomic E-state index is 13.2. The highest BCUT2D eigenvalue weighted by Gasteiger charge is 2.59. The zero-order valence-corrected chi connectivity index (χ0v) is 20.1. The Morgan fingerprint density at radius 3 is 1.55 bits per heavy atom. The summed E-state index contributed by atoms with van der Waals surface area (Å²) in [6.07, 6.45) is 6.86. The van der Waals surface area contributed by atoms with Crippen LogP contribution in [0.1, 0.15) is 86.0 Å². The van der Waals surface area contributed by atoms with E-state index >= 15 is 0 Å². The quantitative estimate of drug-likeness (QED) is 0.0990. The van der Waals surface area contributed by atoms with Crippen molar-refractivity contribution < 1.29 is 28.3 Å². The fraction of sp³-hybridized carbons (Fsp3) is 0.864. The molecular weight excluding hydrogens is 391 g/mol. The molecule has 2 atom stereocenters. The lowest BCUT2D eigenvalue weighted by Crippen LogP contribution is -2.51. The molecule has 0 aromatic carbocycles. The molecule has 7 heteroatoms. The third-order valence-electron chi connectivity index (χ3n) is 4.26. The Bertz CT molecular complexity index is 453. The molecule has 0 aromatic rings. The van der Waals surface area contributed by atoms with Gasteiger partial charge in [0.1, 0.15) is 0 Å². The van der Waals surface area contributed by atoms with Crippen molar-refractivity contribution in [2.45, 2.75) is 97.8 Å². The maximum Gasteiger partial charge on any atom is 0.460 e. The molecule has 0 amide bonds. The second kappa shape index (κ2) is 17.1. The molecule has 6 nitrogen and oxygen atoms in total. The topological polar surface area (TPSA) is 71.1 Å². The molecule has 0 rings (SSSR count). The van der Waals surface area contributed by atoms with Gasteiger partial charge in [0.05, 0.1) is 26.4 Å². The number of carbonyl (C=O) groups is 1. The van der Waals surface area contributed by atoms with Gasteiger partial charge in [-0.3, -0.25) is 0 Å². The lowest BCUT2D eigenvalue weighted by Gasteiger charge is -2.34. The molecule has 0 aromatic heterocycles. The molecule has 170 valence electrons. The van der Waals surface area contributed by atoms with Crippen LogP contribution >= 0.6 is 7.80 Å². The van der Waals surface area contributed by atoms with Crippen LogP contribution in [0.4, 0.5) is 0 Å². The summed E-state index contributed by atoms with van der Waals surface area (Å²) in [5, 5.41) is 0. The van der Waals surface area contributed by atoms with Crippen molar-refractivity contribution in [1.29, 1.82) is 0 Å². The van der Waals surface area contributed by atoms with Gasteiger partial charge in [0.2, 0.25) is 0 Å². The Balaban J connectivity index is 5.92. The van der Waals surface area contributed by atoms with E-state index in [1.54, 1.807) is 6.92 Å². The highest BCUT2D eigenvalue weighted by atomic mass is 31.1. The van der Waals surface area contributed by atoms with Crippen molar-refractivity contribution >= 4 is 13.3 Å². The average Bonchev–Trinajstić information content (AvgIpc) is 2.70. The Kier molecular flexibility index (Phi) is 16.7. The zero-order chi connectivity index (χ0) is 22.1. The van der Waals surface area contributed by atoms with E-state index in [2.05, 4.69) is 27.4 Å². The lowest BCUT2D eigenvalue weighted by molar-refractivity contribution is -0.404. The highest BCUT2D eigenvalue weighted by Crippen LogP contribution is 2.43. The van der Waals surface area contributed by atoms with Crippen LogP contribution in [0.25, 0.3) is 0 Å². The van der Waals surface area contributed by atoms with E-state index in [4.69, 9.17) is 18.9 Å². The van der Waals surface area contributed by atoms with Gasteiger partial charge in [-0.05, 0) is 32.6 Å². The maximum absolute atomic E-state index is 13.2. The molecule has 0 heterocycles. The van der Waals surface area contributed by atoms with Crippen molar-refractivity contribution in [2.24, 2.45) is 0 Å². The number of carbonyl (C=O) groups excluding carboxylic acids is 1. The van der Waals surface area contributed by atoms with E-state index in [0.717, 1.165) is 51.4 Å². The molecule has 29 heavy (non-hydrogen) atoms. The van der Waals surface area contributed by atoms with Crippen molar-refractivity contribution in [3.05, 3.63) is 12.2 Å². The van der Waals surface area contributed by atoms with E-state index in [9.17, 15) is 9.36 Å². The fourth-order valence-electron chi connectivity index (χ4n) is 2.36. The minimum Gasteiger partial charge on any atom is -0.328 e. The first-order valence-corrected chi connectivity index (χ1v) is 12.4. The normalized spacial score (nSPS) is 13.3. The summed E-state index contributed by atoms with van der Waals surface area (Å²) in [6.45, 7) is 14.9. The summed E-state index contributed by atoms with van der Waals surface area (Å²) in [5.41, 5.74) is -0.317. The Hall–Kier alpha value is -0.650. The number of hydrogen-bond acceptors (Lipinski definition) is 6. The van der Waals surface area contributed by atoms with E-state index < -0.39 is 25.1 Å². The molecule has 0 N–H and O–H groups in total. The summed E-state index contributed by atoms with van der Waals surface area (Å²) in [6, 6.07) is 0. The van der Waals surface area contributed by atoms with E-state index in [1.807, 2.05) is 6.92 Å². The SMILES string of the molecule is C=C(C)C(=O)[P+](=O)C(OCCCC)C(OCCCC)(OCCCC)OCCCC. The Morgan fingerprint density at radius 2 is 1.21 bits per heavy atom. The van der Waals surface area contributed by atoms with Gasteiger partial charge in [-0.1, -0.05) is 64.5 Å². The number of rotatable bonds is 20. The molecule has 0 fully saturated rings. The Morgan fingerprint density at radius 1 is 0.828 bits per heavy atom.